The second-order valence-electron chi connectivity index (χ2n) is 7.88. The summed E-state index contributed by atoms with van der Waals surface area (Å²) in [5.74, 6) is 1.27. The summed E-state index contributed by atoms with van der Waals surface area (Å²) in [5, 5.41) is 0.296. The lowest BCUT2D eigenvalue weighted by atomic mass is 9.85. The van der Waals surface area contributed by atoms with Crippen LogP contribution in [-0.2, 0) is 4.79 Å². The molecule has 4 aromatic rings. The molecular weight excluding hydrogens is 436 g/mol. The van der Waals surface area contributed by atoms with Crippen molar-refractivity contribution in [2.75, 3.05) is 21.3 Å². The van der Waals surface area contributed by atoms with Crippen molar-refractivity contribution in [3.63, 3.8) is 0 Å². The van der Waals surface area contributed by atoms with E-state index in [-0.39, 0.29) is 17.6 Å². The van der Waals surface area contributed by atoms with Crippen molar-refractivity contribution in [2.45, 2.75) is 12.3 Å². The molecule has 34 heavy (non-hydrogen) atoms. The molecule has 7 nitrogen and oxygen atoms in total. The first-order valence-corrected chi connectivity index (χ1v) is 10.7. The molecule has 1 aromatic heterocycles. The molecule has 1 aliphatic heterocycles. The lowest BCUT2D eigenvalue weighted by Crippen LogP contribution is -2.22. The van der Waals surface area contributed by atoms with Gasteiger partial charge in [0.05, 0.1) is 27.8 Å². The van der Waals surface area contributed by atoms with Gasteiger partial charge in [-0.05, 0) is 17.7 Å². The molecule has 0 saturated carbocycles. The molecule has 0 spiro atoms. The van der Waals surface area contributed by atoms with Gasteiger partial charge in [-0.2, -0.15) is 0 Å². The third kappa shape index (κ3) is 3.55. The molecule has 0 amide bonds. The molecule has 5 rings (SSSR count). The van der Waals surface area contributed by atoms with Gasteiger partial charge in [-0.1, -0.05) is 36.4 Å². The van der Waals surface area contributed by atoms with Crippen molar-refractivity contribution in [3.8, 4) is 34.3 Å². The molecule has 7 heteroatoms. The van der Waals surface area contributed by atoms with E-state index >= 15 is 0 Å². The number of fused-ring (bicyclic) bond motifs is 3. The maximum Gasteiger partial charge on any atom is 0.312 e. The second-order valence-corrected chi connectivity index (χ2v) is 7.88. The van der Waals surface area contributed by atoms with Crippen molar-refractivity contribution in [1.29, 1.82) is 0 Å². The minimum atomic E-state index is -0.432. The highest BCUT2D eigenvalue weighted by molar-refractivity contribution is 5.93. The average molecular weight is 458 g/mol. The van der Waals surface area contributed by atoms with E-state index in [2.05, 4.69) is 0 Å². The lowest BCUT2D eigenvalue weighted by molar-refractivity contribution is -0.135. The van der Waals surface area contributed by atoms with Gasteiger partial charge >= 0.3 is 5.97 Å². The molecule has 0 saturated heterocycles. The van der Waals surface area contributed by atoms with E-state index in [1.807, 2.05) is 42.5 Å². The summed E-state index contributed by atoms with van der Waals surface area (Å²) in [6, 6.07) is 17.8. The van der Waals surface area contributed by atoms with Crippen LogP contribution < -0.4 is 24.4 Å². The Labute approximate surface area is 195 Å². The lowest BCUT2D eigenvalue weighted by Gasteiger charge is -2.27. The summed E-state index contributed by atoms with van der Waals surface area (Å²) < 4.78 is 28.2. The topological polar surface area (TPSA) is 84.2 Å². The van der Waals surface area contributed by atoms with Gasteiger partial charge in [0.1, 0.15) is 28.2 Å². The molecular formula is C27H22O7. The molecule has 2 heterocycles. The molecule has 1 atom stereocenters. The Morgan fingerprint density at radius 3 is 2.26 bits per heavy atom. The summed E-state index contributed by atoms with van der Waals surface area (Å²) in [7, 11) is 4.57. The van der Waals surface area contributed by atoms with Crippen LogP contribution in [0.2, 0.25) is 0 Å². The molecule has 0 bridgehead atoms. The third-order valence-corrected chi connectivity index (χ3v) is 6.00. The number of carbonyl (C=O) groups is 1. The fourth-order valence-electron chi connectivity index (χ4n) is 4.40. The van der Waals surface area contributed by atoms with E-state index in [9.17, 15) is 9.59 Å². The van der Waals surface area contributed by atoms with E-state index in [0.29, 0.717) is 39.5 Å². The quantitative estimate of drug-likeness (QED) is 0.310. The van der Waals surface area contributed by atoms with Crippen LogP contribution >= 0.6 is 0 Å². The number of hydrogen-bond donors (Lipinski definition) is 0. The van der Waals surface area contributed by atoms with Gasteiger partial charge in [0, 0.05) is 29.2 Å². The first-order chi connectivity index (χ1) is 16.5. The Morgan fingerprint density at radius 1 is 0.824 bits per heavy atom. The number of rotatable bonds is 5. The molecule has 172 valence electrons. The summed E-state index contributed by atoms with van der Waals surface area (Å²) in [6.45, 7) is 0. The zero-order valence-corrected chi connectivity index (χ0v) is 18.9. The van der Waals surface area contributed by atoms with Gasteiger partial charge in [0.25, 0.3) is 0 Å². The zero-order chi connectivity index (χ0) is 23.8. The zero-order valence-electron chi connectivity index (χ0n) is 18.9. The van der Waals surface area contributed by atoms with Crippen molar-refractivity contribution < 1.29 is 28.2 Å². The fourth-order valence-corrected chi connectivity index (χ4v) is 4.40. The smallest absolute Gasteiger partial charge is 0.312 e. The second kappa shape index (κ2) is 8.59. The number of ether oxygens (including phenoxy) is 4. The van der Waals surface area contributed by atoms with Gasteiger partial charge in [-0.25, -0.2) is 0 Å². The predicted molar refractivity (Wildman–Crippen MR) is 126 cm³/mol. The maximum atomic E-state index is 13.2. The molecule has 0 N–H and O–H groups in total. The Kier molecular flexibility index (Phi) is 5.45. The first kappa shape index (κ1) is 21.6. The molecule has 0 aliphatic carbocycles. The first-order valence-electron chi connectivity index (χ1n) is 10.7. The highest BCUT2D eigenvalue weighted by Gasteiger charge is 2.34. The van der Waals surface area contributed by atoms with Gasteiger partial charge < -0.3 is 23.4 Å². The third-order valence-electron chi connectivity index (χ3n) is 6.00. The van der Waals surface area contributed by atoms with Gasteiger partial charge in [-0.15, -0.1) is 0 Å². The number of carbonyl (C=O) groups excluding carboxylic acids is 1. The minimum Gasteiger partial charge on any atom is -0.496 e. The SMILES string of the molecule is COc1ccc([C@H]2CC(=O)Oc3cc(OC)c4c(=O)cc(-c5ccccc5)oc4c32)cc1OC. The Morgan fingerprint density at radius 2 is 1.56 bits per heavy atom. The predicted octanol–water partition coefficient (Wildman–Crippen LogP) is 4.93. The van der Waals surface area contributed by atoms with Crippen LogP contribution in [0.3, 0.4) is 0 Å². The number of hydrogen-bond acceptors (Lipinski definition) is 7. The standard InChI is InChI=1S/C27H22O7/c1-30-19-10-9-16(11-21(19)31-2)17-12-24(29)33-23-14-22(32-3)26-18(28)13-20(34-27(26)25(17)23)15-7-5-4-6-8-15/h4-11,13-14,17H,12H2,1-3H3/t17-/m1/s1. The molecule has 0 radical (unpaired) electrons. The summed E-state index contributed by atoms with van der Waals surface area (Å²) in [4.78, 5) is 25.8. The molecule has 0 unspecified atom stereocenters. The number of benzene rings is 3. The molecule has 0 fully saturated rings. The number of esters is 1. The van der Waals surface area contributed by atoms with Crippen LogP contribution in [0.5, 0.6) is 23.0 Å². The summed E-state index contributed by atoms with van der Waals surface area (Å²) in [5.41, 5.74) is 2.25. The van der Waals surface area contributed by atoms with E-state index in [1.165, 1.54) is 13.2 Å². The van der Waals surface area contributed by atoms with E-state index in [1.54, 1.807) is 26.4 Å². The largest absolute Gasteiger partial charge is 0.496 e. The van der Waals surface area contributed by atoms with Gasteiger partial charge in [0.15, 0.2) is 16.9 Å². The Bertz CT molecular complexity index is 1450. The Balaban J connectivity index is 1.81. The molecule has 1 aliphatic rings. The van der Waals surface area contributed by atoms with Crippen LogP contribution in [-0.4, -0.2) is 27.3 Å². The van der Waals surface area contributed by atoms with E-state index in [4.69, 9.17) is 23.4 Å². The summed E-state index contributed by atoms with van der Waals surface area (Å²) in [6.07, 6.45) is 0.0726. The van der Waals surface area contributed by atoms with Crippen LogP contribution in [0.4, 0.5) is 0 Å². The van der Waals surface area contributed by atoms with Crippen molar-refractivity contribution in [1.82, 2.24) is 0 Å². The monoisotopic (exact) mass is 458 g/mol. The van der Waals surface area contributed by atoms with Gasteiger partial charge in [-0.3, -0.25) is 9.59 Å². The van der Waals surface area contributed by atoms with Gasteiger partial charge in [0.2, 0.25) is 0 Å². The molecule has 3 aromatic carbocycles. The maximum absolute atomic E-state index is 13.2. The van der Waals surface area contributed by atoms with E-state index in [0.717, 1.165) is 11.1 Å². The van der Waals surface area contributed by atoms with Crippen molar-refractivity contribution >= 4 is 16.9 Å². The highest BCUT2D eigenvalue weighted by Crippen LogP contribution is 2.47. The minimum absolute atomic E-state index is 0.0726. The Hall–Kier alpha value is -4.26. The van der Waals surface area contributed by atoms with Crippen LogP contribution in [0.1, 0.15) is 23.5 Å². The van der Waals surface area contributed by atoms with E-state index < -0.39 is 11.9 Å². The van der Waals surface area contributed by atoms with Crippen LogP contribution in [0.25, 0.3) is 22.3 Å². The highest BCUT2D eigenvalue weighted by atomic mass is 16.5. The normalized spacial score (nSPS) is 14.9. The van der Waals surface area contributed by atoms with Crippen LogP contribution in [0, 0.1) is 0 Å². The van der Waals surface area contributed by atoms with Crippen molar-refractivity contribution in [3.05, 3.63) is 82.0 Å². The summed E-state index contributed by atoms with van der Waals surface area (Å²) >= 11 is 0. The van der Waals surface area contributed by atoms with Crippen LogP contribution in [0.15, 0.2) is 69.9 Å². The fraction of sp³-hybridized carbons (Fsp3) is 0.185. The average Bonchev–Trinajstić information content (AvgIpc) is 2.87. The number of methoxy groups -OCH3 is 3. The van der Waals surface area contributed by atoms with Crippen molar-refractivity contribution in [2.24, 2.45) is 0 Å².